The van der Waals surface area contributed by atoms with E-state index in [1.807, 2.05) is 0 Å². The number of cyclic esters (lactones) is 2. The third-order valence-electron chi connectivity index (χ3n) is 1.87. The Labute approximate surface area is 83.9 Å². The van der Waals surface area contributed by atoms with Crippen LogP contribution in [-0.2, 0) is 19.1 Å². The van der Waals surface area contributed by atoms with E-state index < -0.39 is 29.8 Å². The topological polar surface area (TPSA) is 110 Å². The van der Waals surface area contributed by atoms with Gasteiger partial charge in [0.1, 0.15) is 6.61 Å². The van der Waals surface area contributed by atoms with Gasteiger partial charge in [0.2, 0.25) is 0 Å². The number of ether oxygens (including phenoxy) is 2. The van der Waals surface area contributed by atoms with Gasteiger partial charge in [0, 0.05) is 5.57 Å². The molecule has 0 saturated carbocycles. The van der Waals surface area contributed by atoms with E-state index in [1.54, 1.807) is 0 Å². The van der Waals surface area contributed by atoms with Gasteiger partial charge in [0.15, 0.2) is 6.10 Å². The molecule has 1 saturated heterocycles. The lowest BCUT2D eigenvalue weighted by atomic mass is 10.0. The molecule has 15 heavy (non-hydrogen) atoms. The first kappa shape index (κ1) is 11.0. The largest absolute Gasteiger partial charge is 0.509 e. The molecule has 7 nitrogen and oxygen atoms in total. The Hall–Kier alpha value is -2.05. The van der Waals surface area contributed by atoms with Crippen molar-refractivity contribution in [2.75, 3.05) is 6.61 Å². The number of hydrogen-bond donors (Lipinski definition) is 2. The van der Waals surface area contributed by atoms with Gasteiger partial charge in [0.25, 0.3) is 0 Å². The second-order valence-corrected chi connectivity index (χ2v) is 2.82. The standard InChI is InChI=1S/C8H8O7/c1-3(6(9)10)5(7(11)12)4-2-14-8(13)15-4/h4H,2H2,1H3,(H,9,10)(H,11,12). The highest BCUT2D eigenvalue weighted by Crippen LogP contribution is 2.19. The summed E-state index contributed by atoms with van der Waals surface area (Å²) in [6.45, 7) is 0.836. The van der Waals surface area contributed by atoms with Crippen LogP contribution in [0.3, 0.4) is 0 Å². The molecule has 1 atom stereocenters. The van der Waals surface area contributed by atoms with Crippen molar-refractivity contribution in [1.29, 1.82) is 0 Å². The maximum absolute atomic E-state index is 10.8. The number of carboxylic acids is 2. The number of hydrogen-bond acceptors (Lipinski definition) is 5. The van der Waals surface area contributed by atoms with Crippen LogP contribution in [0, 0.1) is 0 Å². The summed E-state index contributed by atoms with van der Waals surface area (Å²) in [5.41, 5.74) is -0.862. The number of carbonyl (C=O) groups is 3. The molecule has 0 radical (unpaired) electrons. The zero-order valence-electron chi connectivity index (χ0n) is 7.72. The molecule has 1 aliphatic rings. The normalized spacial score (nSPS) is 21.4. The molecule has 0 spiro atoms. The predicted octanol–water partition coefficient (Wildman–Crippen LogP) is 0.00750. The third-order valence-corrected chi connectivity index (χ3v) is 1.87. The van der Waals surface area contributed by atoms with Crippen LogP contribution >= 0.6 is 0 Å². The Morgan fingerprint density at radius 1 is 1.33 bits per heavy atom. The van der Waals surface area contributed by atoms with Crippen LogP contribution in [0.15, 0.2) is 11.1 Å². The molecular weight excluding hydrogens is 208 g/mol. The minimum atomic E-state index is -1.45. The van der Waals surface area contributed by atoms with Crippen LogP contribution in [0.5, 0.6) is 0 Å². The summed E-state index contributed by atoms with van der Waals surface area (Å²) in [5.74, 6) is -2.83. The van der Waals surface area contributed by atoms with Crippen molar-refractivity contribution in [2.24, 2.45) is 0 Å². The van der Waals surface area contributed by atoms with Gasteiger partial charge in [-0.3, -0.25) is 0 Å². The lowest BCUT2D eigenvalue weighted by Crippen LogP contribution is -2.23. The van der Waals surface area contributed by atoms with E-state index in [2.05, 4.69) is 9.47 Å². The van der Waals surface area contributed by atoms with Crippen molar-refractivity contribution in [3.8, 4) is 0 Å². The van der Waals surface area contributed by atoms with E-state index in [0.717, 1.165) is 6.92 Å². The van der Waals surface area contributed by atoms with Crippen LogP contribution in [0.2, 0.25) is 0 Å². The van der Waals surface area contributed by atoms with Crippen molar-refractivity contribution in [3.05, 3.63) is 11.1 Å². The number of rotatable bonds is 3. The summed E-state index contributed by atoms with van der Waals surface area (Å²) in [4.78, 5) is 31.9. The van der Waals surface area contributed by atoms with E-state index in [0.29, 0.717) is 0 Å². The van der Waals surface area contributed by atoms with Crippen LogP contribution in [-0.4, -0.2) is 41.0 Å². The highest BCUT2D eigenvalue weighted by Gasteiger charge is 2.34. The molecule has 0 aliphatic carbocycles. The molecule has 0 aromatic heterocycles. The average molecular weight is 216 g/mol. The Kier molecular flexibility index (Phi) is 2.93. The van der Waals surface area contributed by atoms with Gasteiger partial charge in [0.05, 0.1) is 5.57 Å². The molecule has 0 aromatic carbocycles. The molecule has 1 fully saturated rings. The molecule has 0 amide bonds. The summed E-state index contributed by atoms with van der Waals surface area (Å²) in [6, 6.07) is 0. The van der Waals surface area contributed by atoms with Crippen LogP contribution in [0.4, 0.5) is 4.79 Å². The monoisotopic (exact) mass is 216 g/mol. The van der Waals surface area contributed by atoms with Gasteiger partial charge < -0.3 is 19.7 Å². The molecule has 0 bridgehead atoms. The predicted molar refractivity (Wildman–Crippen MR) is 44.2 cm³/mol. The fraction of sp³-hybridized carbons (Fsp3) is 0.375. The summed E-state index contributed by atoms with van der Waals surface area (Å²) >= 11 is 0. The fourth-order valence-electron chi connectivity index (χ4n) is 1.12. The molecule has 2 N–H and O–H groups in total. The first-order chi connectivity index (χ1) is 6.93. The van der Waals surface area contributed by atoms with Crippen molar-refractivity contribution in [1.82, 2.24) is 0 Å². The second kappa shape index (κ2) is 3.99. The van der Waals surface area contributed by atoms with Crippen molar-refractivity contribution >= 4 is 18.1 Å². The molecule has 82 valence electrons. The summed E-state index contributed by atoms with van der Waals surface area (Å²) in [5, 5.41) is 17.4. The maximum atomic E-state index is 10.8. The van der Waals surface area contributed by atoms with Gasteiger partial charge in [-0.15, -0.1) is 0 Å². The maximum Gasteiger partial charge on any atom is 0.509 e. The van der Waals surface area contributed by atoms with Crippen molar-refractivity contribution in [2.45, 2.75) is 13.0 Å². The number of aliphatic carboxylic acids is 2. The molecule has 0 aromatic rings. The molecule has 1 rings (SSSR count). The van der Waals surface area contributed by atoms with E-state index in [4.69, 9.17) is 10.2 Å². The van der Waals surface area contributed by atoms with Gasteiger partial charge in [-0.25, -0.2) is 14.4 Å². The van der Waals surface area contributed by atoms with Crippen LogP contribution < -0.4 is 0 Å². The zero-order chi connectivity index (χ0) is 11.6. The van der Waals surface area contributed by atoms with Crippen LogP contribution in [0.25, 0.3) is 0 Å². The Bertz CT molecular complexity index is 354. The molecular formula is C8H8O7. The number of carbonyl (C=O) groups excluding carboxylic acids is 1. The van der Waals surface area contributed by atoms with Gasteiger partial charge in [-0.05, 0) is 6.92 Å². The molecule has 1 heterocycles. The minimum Gasteiger partial charge on any atom is -0.478 e. The zero-order valence-corrected chi connectivity index (χ0v) is 7.72. The van der Waals surface area contributed by atoms with Crippen molar-refractivity contribution in [3.63, 3.8) is 0 Å². The summed E-state index contributed by atoms with van der Waals surface area (Å²) < 4.78 is 8.87. The minimum absolute atomic E-state index is 0.287. The number of carboxylic acid groups (broad SMARTS) is 2. The highest BCUT2D eigenvalue weighted by atomic mass is 16.8. The third kappa shape index (κ3) is 2.25. The molecule has 1 unspecified atom stereocenters. The van der Waals surface area contributed by atoms with E-state index in [9.17, 15) is 14.4 Å². The average Bonchev–Trinajstić information content (AvgIpc) is 2.51. The lowest BCUT2D eigenvalue weighted by Gasteiger charge is -2.08. The smallest absolute Gasteiger partial charge is 0.478 e. The Morgan fingerprint density at radius 2 is 1.93 bits per heavy atom. The highest BCUT2D eigenvalue weighted by molar-refractivity contribution is 5.99. The Balaban J connectivity index is 3.03. The summed E-state index contributed by atoms with van der Waals surface area (Å²) in [7, 11) is 0. The second-order valence-electron chi connectivity index (χ2n) is 2.82. The van der Waals surface area contributed by atoms with E-state index in [-0.39, 0.29) is 12.2 Å². The fourth-order valence-corrected chi connectivity index (χ4v) is 1.12. The Morgan fingerprint density at radius 3 is 2.27 bits per heavy atom. The first-order valence-electron chi connectivity index (χ1n) is 3.94. The molecule has 7 heteroatoms. The van der Waals surface area contributed by atoms with Crippen LogP contribution in [0.1, 0.15) is 6.92 Å². The first-order valence-corrected chi connectivity index (χ1v) is 3.94. The SMILES string of the molecule is CC(C(=O)O)=C(C(=O)O)C1COC(=O)O1. The van der Waals surface area contributed by atoms with Gasteiger partial charge in [-0.1, -0.05) is 0 Å². The quantitative estimate of drug-likeness (QED) is 0.504. The lowest BCUT2D eigenvalue weighted by molar-refractivity contribution is -0.136. The molecule has 1 aliphatic heterocycles. The van der Waals surface area contributed by atoms with E-state index in [1.165, 1.54) is 0 Å². The summed E-state index contributed by atoms with van der Waals surface area (Å²) in [6.07, 6.45) is -2.16. The van der Waals surface area contributed by atoms with Crippen molar-refractivity contribution < 1.29 is 34.1 Å². The van der Waals surface area contributed by atoms with Gasteiger partial charge >= 0.3 is 18.1 Å². The van der Waals surface area contributed by atoms with E-state index >= 15 is 0 Å². The van der Waals surface area contributed by atoms with Gasteiger partial charge in [-0.2, -0.15) is 0 Å².